The molecule has 10 heteroatoms. The predicted molar refractivity (Wildman–Crippen MR) is 124 cm³/mol. The number of ether oxygens (including phenoxy) is 2. The van der Waals surface area contributed by atoms with Gasteiger partial charge in [0, 0.05) is 10.0 Å². The van der Waals surface area contributed by atoms with Gasteiger partial charge in [-0.15, -0.1) is 0 Å². The molecule has 2 aromatic carbocycles. The summed E-state index contributed by atoms with van der Waals surface area (Å²) in [6.07, 6.45) is 1.27. The summed E-state index contributed by atoms with van der Waals surface area (Å²) in [6, 6.07) is 8.93. The Hall–Kier alpha value is -2.16. The van der Waals surface area contributed by atoms with E-state index in [-0.39, 0.29) is 25.3 Å². The normalized spacial score (nSPS) is 12.2. The van der Waals surface area contributed by atoms with Gasteiger partial charge in [-0.2, -0.15) is 0 Å². The molecule has 0 aliphatic heterocycles. The number of benzene rings is 2. The Morgan fingerprint density at radius 1 is 1.19 bits per heavy atom. The molecule has 0 aromatic heterocycles. The number of amides is 1. The maximum Gasteiger partial charge on any atom is 0.244 e. The molecule has 0 fully saturated rings. The van der Waals surface area contributed by atoms with Crippen LogP contribution in [-0.2, 0) is 14.8 Å². The lowest BCUT2D eigenvalue weighted by atomic mass is 10.2. The van der Waals surface area contributed by atoms with Gasteiger partial charge < -0.3 is 14.8 Å². The summed E-state index contributed by atoms with van der Waals surface area (Å²) in [6.45, 7) is 4.00. The highest BCUT2D eigenvalue weighted by atomic mass is 35.5. The molecule has 170 valence electrons. The van der Waals surface area contributed by atoms with E-state index in [9.17, 15) is 13.2 Å². The van der Waals surface area contributed by atoms with E-state index in [1.165, 1.54) is 13.2 Å². The van der Waals surface area contributed by atoms with E-state index in [1.54, 1.807) is 31.2 Å². The number of halogens is 2. The first-order valence-electron chi connectivity index (χ1n) is 9.58. The Labute approximate surface area is 193 Å². The minimum absolute atomic E-state index is 0.186. The standard InChI is InChI=1S/C21H26Cl2N2O5S/c1-5-18(21(26)24-10-11-30-16-8-6-14(2)17(23)13-16)25(31(4,27)28)19-12-15(22)7-9-20(19)29-3/h6-9,12-13,18H,5,10-11H2,1-4H3,(H,24,26)/t18-/m0/s1. The second-order valence-electron chi connectivity index (χ2n) is 6.85. The number of aryl methyl sites for hydroxylation is 1. The number of nitrogens with one attached hydrogen (secondary N) is 1. The summed E-state index contributed by atoms with van der Waals surface area (Å²) in [4.78, 5) is 12.9. The minimum atomic E-state index is -3.82. The zero-order valence-electron chi connectivity index (χ0n) is 17.8. The predicted octanol–water partition coefficient (Wildman–Crippen LogP) is 4.05. The van der Waals surface area contributed by atoms with Crippen molar-refractivity contribution in [2.45, 2.75) is 26.3 Å². The fourth-order valence-corrected chi connectivity index (χ4v) is 4.54. The zero-order chi connectivity index (χ0) is 23.2. The van der Waals surface area contributed by atoms with Crippen molar-refractivity contribution in [1.82, 2.24) is 5.32 Å². The SMILES string of the molecule is CC[C@@H](C(=O)NCCOc1ccc(C)c(Cl)c1)N(c1cc(Cl)ccc1OC)S(C)(=O)=O. The molecule has 0 aliphatic rings. The maximum absolute atomic E-state index is 12.9. The monoisotopic (exact) mass is 488 g/mol. The Balaban J connectivity index is 2.14. The Kier molecular flexibility index (Phi) is 8.85. The van der Waals surface area contributed by atoms with Crippen molar-refractivity contribution in [2.75, 3.05) is 30.8 Å². The van der Waals surface area contributed by atoms with Gasteiger partial charge in [0.05, 0.1) is 25.6 Å². The molecule has 0 aliphatic carbocycles. The van der Waals surface area contributed by atoms with Crippen molar-refractivity contribution in [3.05, 3.63) is 52.0 Å². The lowest BCUT2D eigenvalue weighted by Crippen LogP contribution is -2.50. The topological polar surface area (TPSA) is 84.9 Å². The number of methoxy groups -OCH3 is 1. The van der Waals surface area contributed by atoms with Gasteiger partial charge in [-0.1, -0.05) is 36.2 Å². The van der Waals surface area contributed by atoms with Gasteiger partial charge in [-0.25, -0.2) is 8.42 Å². The molecule has 7 nitrogen and oxygen atoms in total. The molecule has 2 rings (SSSR count). The Morgan fingerprint density at radius 2 is 1.90 bits per heavy atom. The van der Waals surface area contributed by atoms with Crippen LogP contribution in [0.3, 0.4) is 0 Å². The van der Waals surface area contributed by atoms with Crippen molar-refractivity contribution in [3.63, 3.8) is 0 Å². The molecule has 0 bridgehead atoms. The van der Waals surface area contributed by atoms with Gasteiger partial charge in [-0.05, 0) is 49.2 Å². The third-order valence-electron chi connectivity index (χ3n) is 4.52. The van der Waals surface area contributed by atoms with E-state index >= 15 is 0 Å². The van der Waals surface area contributed by atoms with E-state index in [0.717, 1.165) is 16.1 Å². The summed E-state index contributed by atoms with van der Waals surface area (Å²) in [7, 11) is -2.40. The quantitative estimate of drug-likeness (QED) is 0.509. The molecule has 0 saturated heterocycles. The lowest BCUT2D eigenvalue weighted by Gasteiger charge is -2.31. The molecule has 0 radical (unpaired) electrons. The van der Waals surface area contributed by atoms with Crippen LogP contribution in [-0.4, -0.2) is 46.9 Å². The number of nitrogens with zero attached hydrogens (tertiary/aromatic N) is 1. The Morgan fingerprint density at radius 3 is 2.48 bits per heavy atom. The lowest BCUT2D eigenvalue weighted by molar-refractivity contribution is -0.122. The van der Waals surface area contributed by atoms with Gasteiger partial charge in [0.1, 0.15) is 24.1 Å². The first-order valence-corrected chi connectivity index (χ1v) is 12.2. The van der Waals surface area contributed by atoms with Crippen LogP contribution in [0.25, 0.3) is 0 Å². The fraction of sp³-hybridized carbons (Fsp3) is 0.381. The Bertz CT molecular complexity index is 1030. The van der Waals surface area contributed by atoms with E-state index in [0.29, 0.717) is 21.5 Å². The van der Waals surface area contributed by atoms with Crippen LogP contribution < -0.4 is 19.1 Å². The summed E-state index contributed by atoms with van der Waals surface area (Å²) in [5.74, 6) is 0.416. The average Bonchev–Trinajstić information content (AvgIpc) is 2.70. The molecule has 0 heterocycles. The van der Waals surface area contributed by atoms with E-state index in [2.05, 4.69) is 5.32 Å². The molecule has 0 unspecified atom stereocenters. The van der Waals surface area contributed by atoms with Crippen LogP contribution in [0.1, 0.15) is 18.9 Å². The first-order chi connectivity index (χ1) is 14.6. The van der Waals surface area contributed by atoms with Crippen LogP contribution in [0.5, 0.6) is 11.5 Å². The molecule has 0 spiro atoms. The van der Waals surface area contributed by atoms with Crippen LogP contribution in [0.2, 0.25) is 10.0 Å². The van der Waals surface area contributed by atoms with Crippen LogP contribution in [0, 0.1) is 6.92 Å². The molecule has 0 saturated carbocycles. The van der Waals surface area contributed by atoms with E-state index < -0.39 is 22.0 Å². The molecule has 31 heavy (non-hydrogen) atoms. The number of carbonyl (C=O) groups is 1. The second kappa shape index (κ2) is 10.9. The summed E-state index contributed by atoms with van der Waals surface area (Å²) in [5.41, 5.74) is 1.13. The number of hydrogen-bond acceptors (Lipinski definition) is 5. The van der Waals surface area contributed by atoms with Crippen LogP contribution in [0.4, 0.5) is 5.69 Å². The van der Waals surface area contributed by atoms with Crippen molar-refractivity contribution in [1.29, 1.82) is 0 Å². The zero-order valence-corrected chi connectivity index (χ0v) is 20.1. The third kappa shape index (κ3) is 6.66. The maximum atomic E-state index is 12.9. The second-order valence-corrected chi connectivity index (χ2v) is 9.55. The summed E-state index contributed by atoms with van der Waals surface area (Å²) >= 11 is 12.2. The number of anilines is 1. The van der Waals surface area contributed by atoms with E-state index in [4.69, 9.17) is 32.7 Å². The van der Waals surface area contributed by atoms with Gasteiger partial charge in [0.2, 0.25) is 15.9 Å². The highest BCUT2D eigenvalue weighted by Crippen LogP contribution is 2.34. The number of hydrogen-bond donors (Lipinski definition) is 1. The fourth-order valence-electron chi connectivity index (χ4n) is 3.00. The molecular weight excluding hydrogens is 463 g/mol. The van der Waals surface area contributed by atoms with Crippen molar-refractivity contribution in [2.24, 2.45) is 0 Å². The summed E-state index contributed by atoms with van der Waals surface area (Å²) in [5, 5.41) is 3.64. The van der Waals surface area contributed by atoms with Gasteiger partial charge in [0.15, 0.2) is 0 Å². The number of rotatable bonds is 10. The summed E-state index contributed by atoms with van der Waals surface area (Å²) < 4.78 is 37.1. The van der Waals surface area contributed by atoms with Crippen LogP contribution in [0.15, 0.2) is 36.4 Å². The van der Waals surface area contributed by atoms with Crippen LogP contribution >= 0.6 is 23.2 Å². The molecular formula is C21H26Cl2N2O5S. The van der Waals surface area contributed by atoms with E-state index in [1.807, 2.05) is 13.0 Å². The molecule has 1 atom stereocenters. The van der Waals surface area contributed by atoms with Gasteiger partial charge in [-0.3, -0.25) is 9.10 Å². The number of carbonyl (C=O) groups excluding carboxylic acids is 1. The highest BCUT2D eigenvalue weighted by molar-refractivity contribution is 7.92. The van der Waals surface area contributed by atoms with Gasteiger partial charge in [0.25, 0.3) is 0 Å². The van der Waals surface area contributed by atoms with Crippen molar-refractivity contribution < 1.29 is 22.7 Å². The largest absolute Gasteiger partial charge is 0.495 e. The average molecular weight is 489 g/mol. The first kappa shape index (κ1) is 25.1. The minimum Gasteiger partial charge on any atom is -0.495 e. The van der Waals surface area contributed by atoms with Crippen molar-refractivity contribution >= 4 is 44.8 Å². The van der Waals surface area contributed by atoms with Crippen molar-refractivity contribution in [3.8, 4) is 11.5 Å². The van der Waals surface area contributed by atoms with Gasteiger partial charge >= 0.3 is 0 Å². The molecule has 1 amide bonds. The smallest absolute Gasteiger partial charge is 0.244 e. The third-order valence-corrected chi connectivity index (χ3v) is 6.33. The molecule has 2 aromatic rings. The molecule has 1 N–H and O–H groups in total. The highest BCUT2D eigenvalue weighted by Gasteiger charge is 2.33. The number of sulfonamides is 1.